The lowest BCUT2D eigenvalue weighted by atomic mass is 10.3. The van der Waals surface area contributed by atoms with Crippen molar-refractivity contribution in [2.75, 3.05) is 0 Å². The fraction of sp³-hybridized carbons (Fsp3) is 0.0769. The number of phenols is 1. The van der Waals surface area contributed by atoms with Gasteiger partial charge in [-0.3, -0.25) is 4.99 Å². The molecule has 1 N–H and O–H groups in total. The number of phenolic OH excluding ortho intramolecular Hbond substituents is 1. The van der Waals surface area contributed by atoms with Gasteiger partial charge in [0.1, 0.15) is 12.8 Å². The van der Waals surface area contributed by atoms with E-state index in [1.165, 1.54) is 0 Å². The van der Waals surface area contributed by atoms with Gasteiger partial charge < -0.3 is 5.11 Å². The highest BCUT2D eigenvalue weighted by Crippen LogP contribution is 2.16. The molecule has 0 aliphatic carbocycles. The van der Waals surface area contributed by atoms with Crippen LogP contribution in [0.15, 0.2) is 53.8 Å². The minimum atomic E-state index is 0.255. The number of pyridine rings is 1. The third-order valence-electron chi connectivity index (χ3n) is 2.17. The first-order valence-electron chi connectivity index (χ1n) is 5.02. The maximum absolute atomic E-state index is 9.12. The van der Waals surface area contributed by atoms with Crippen LogP contribution in [0.5, 0.6) is 5.75 Å². The molecule has 3 heteroatoms. The van der Waals surface area contributed by atoms with Crippen molar-refractivity contribution in [1.29, 1.82) is 0 Å². The number of aromatic nitrogens is 1. The molecule has 0 aliphatic heterocycles. The van der Waals surface area contributed by atoms with E-state index in [1.807, 2.05) is 36.1 Å². The summed E-state index contributed by atoms with van der Waals surface area (Å²) < 4.78 is 1.97. The first kappa shape index (κ1) is 10.4. The molecule has 0 aliphatic rings. The molecule has 2 rings (SSSR count). The number of nitrogens with zero attached hydrogens (tertiary/aromatic N) is 2. The Balaban J connectivity index is 2.18. The van der Waals surface area contributed by atoms with Gasteiger partial charge >= 0.3 is 0 Å². The first-order chi connectivity index (χ1) is 7.74. The van der Waals surface area contributed by atoms with Gasteiger partial charge in [-0.2, -0.15) is 0 Å². The fourth-order valence-electron chi connectivity index (χ4n) is 1.38. The summed E-state index contributed by atoms with van der Waals surface area (Å²) in [5.41, 5.74) is 1.86. The number of aryl methyl sites for hydroxylation is 1. The van der Waals surface area contributed by atoms with Gasteiger partial charge in [0, 0.05) is 12.3 Å². The van der Waals surface area contributed by atoms with Crippen LogP contribution < -0.4 is 4.57 Å². The largest absolute Gasteiger partial charge is 0.508 e. The standard InChI is InChI=1S/C13H12N2O/c1-15-8-2-3-11(10-15)9-14-12-4-6-13(16)7-5-12/h2-10H,1H3/p+1. The minimum absolute atomic E-state index is 0.255. The summed E-state index contributed by atoms with van der Waals surface area (Å²) in [6.07, 6.45) is 5.76. The van der Waals surface area contributed by atoms with Crippen LogP contribution in [0.25, 0.3) is 0 Å². The normalized spacial score (nSPS) is 10.8. The molecule has 1 heterocycles. The Labute approximate surface area is 94.3 Å². The summed E-state index contributed by atoms with van der Waals surface area (Å²) in [6, 6.07) is 10.8. The van der Waals surface area contributed by atoms with Gasteiger partial charge in [-0.1, -0.05) is 0 Å². The molecule has 2 aromatic rings. The number of benzene rings is 1. The Morgan fingerprint density at radius 3 is 2.62 bits per heavy atom. The van der Waals surface area contributed by atoms with Crippen molar-refractivity contribution in [3.05, 3.63) is 54.4 Å². The molecule has 3 nitrogen and oxygen atoms in total. The van der Waals surface area contributed by atoms with Crippen molar-refractivity contribution in [3.8, 4) is 5.75 Å². The number of rotatable bonds is 2. The van der Waals surface area contributed by atoms with E-state index in [2.05, 4.69) is 4.99 Å². The first-order valence-corrected chi connectivity index (χ1v) is 5.02. The summed E-state index contributed by atoms with van der Waals surface area (Å²) in [4.78, 5) is 4.31. The van der Waals surface area contributed by atoms with Crippen molar-refractivity contribution in [2.24, 2.45) is 12.0 Å². The van der Waals surface area contributed by atoms with E-state index in [0.29, 0.717) is 0 Å². The van der Waals surface area contributed by atoms with E-state index in [4.69, 9.17) is 5.11 Å². The topological polar surface area (TPSA) is 36.5 Å². The molecule has 1 aromatic carbocycles. The average molecular weight is 213 g/mol. The van der Waals surface area contributed by atoms with Gasteiger partial charge in [0.25, 0.3) is 0 Å². The van der Waals surface area contributed by atoms with E-state index in [9.17, 15) is 0 Å². The van der Waals surface area contributed by atoms with E-state index in [-0.39, 0.29) is 5.75 Å². The van der Waals surface area contributed by atoms with Crippen LogP contribution in [0.3, 0.4) is 0 Å². The second kappa shape index (κ2) is 4.57. The third kappa shape index (κ3) is 2.67. The molecule has 0 unspecified atom stereocenters. The molecule has 0 radical (unpaired) electrons. The van der Waals surface area contributed by atoms with Crippen molar-refractivity contribution in [3.63, 3.8) is 0 Å². The summed E-state index contributed by atoms with van der Waals surface area (Å²) in [5, 5.41) is 9.12. The lowest BCUT2D eigenvalue weighted by Gasteiger charge is -1.94. The highest BCUT2D eigenvalue weighted by atomic mass is 16.3. The van der Waals surface area contributed by atoms with Crippen LogP contribution in [-0.2, 0) is 7.05 Å². The minimum Gasteiger partial charge on any atom is -0.508 e. The summed E-state index contributed by atoms with van der Waals surface area (Å²) in [5.74, 6) is 0.255. The smallest absolute Gasteiger partial charge is 0.177 e. The molecular formula is C13H13N2O+. The quantitative estimate of drug-likeness (QED) is 0.601. The number of aromatic hydroxyl groups is 1. The molecule has 1 aromatic heterocycles. The lowest BCUT2D eigenvalue weighted by Crippen LogP contribution is -2.26. The van der Waals surface area contributed by atoms with Crippen molar-refractivity contribution >= 4 is 11.9 Å². The summed E-state index contributed by atoms with van der Waals surface area (Å²) >= 11 is 0. The van der Waals surface area contributed by atoms with Gasteiger partial charge in [-0.15, -0.1) is 0 Å². The van der Waals surface area contributed by atoms with Crippen molar-refractivity contribution in [2.45, 2.75) is 0 Å². The third-order valence-corrected chi connectivity index (χ3v) is 2.17. The molecule has 0 saturated carbocycles. The molecule has 0 bridgehead atoms. The fourth-order valence-corrected chi connectivity index (χ4v) is 1.38. The van der Waals surface area contributed by atoms with Crippen molar-refractivity contribution in [1.82, 2.24) is 0 Å². The van der Waals surface area contributed by atoms with Crippen molar-refractivity contribution < 1.29 is 9.67 Å². The highest BCUT2D eigenvalue weighted by Gasteiger charge is 1.94. The summed E-state index contributed by atoms with van der Waals surface area (Å²) in [6.45, 7) is 0. The highest BCUT2D eigenvalue weighted by molar-refractivity contribution is 5.81. The Bertz CT molecular complexity index is 504. The molecule has 16 heavy (non-hydrogen) atoms. The van der Waals surface area contributed by atoms with Crippen LogP contribution in [0.2, 0.25) is 0 Å². The Hall–Kier alpha value is -2.16. The van der Waals surface area contributed by atoms with Crippen LogP contribution in [0.1, 0.15) is 5.56 Å². The second-order valence-corrected chi connectivity index (χ2v) is 3.58. The molecule has 0 spiro atoms. The van der Waals surface area contributed by atoms with E-state index in [0.717, 1.165) is 11.3 Å². The zero-order valence-corrected chi connectivity index (χ0v) is 9.04. The zero-order chi connectivity index (χ0) is 11.4. The predicted octanol–water partition coefficient (Wildman–Crippen LogP) is 1.97. The van der Waals surface area contributed by atoms with Crippen LogP contribution >= 0.6 is 0 Å². The zero-order valence-electron chi connectivity index (χ0n) is 9.04. The van der Waals surface area contributed by atoms with Gasteiger partial charge in [0.05, 0.1) is 11.3 Å². The Morgan fingerprint density at radius 2 is 1.94 bits per heavy atom. The van der Waals surface area contributed by atoms with E-state index >= 15 is 0 Å². The molecule has 0 saturated heterocycles. The number of hydrogen-bond donors (Lipinski definition) is 1. The molecule has 80 valence electrons. The summed E-state index contributed by atoms with van der Waals surface area (Å²) in [7, 11) is 1.97. The molecular weight excluding hydrogens is 200 g/mol. The van der Waals surface area contributed by atoms with Gasteiger partial charge in [-0.25, -0.2) is 4.57 Å². The number of hydrogen-bond acceptors (Lipinski definition) is 2. The predicted molar refractivity (Wildman–Crippen MR) is 63.0 cm³/mol. The Morgan fingerprint density at radius 1 is 1.19 bits per heavy atom. The maximum atomic E-state index is 9.12. The van der Waals surface area contributed by atoms with Crippen LogP contribution in [0, 0.1) is 0 Å². The number of aliphatic imine (C=N–C) groups is 1. The van der Waals surface area contributed by atoms with Gasteiger partial charge in [0.15, 0.2) is 12.4 Å². The van der Waals surface area contributed by atoms with Crippen LogP contribution in [-0.4, -0.2) is 11.3 Å². The Kier molecular flexibility index (Phi) is 2.96. The molecule has 0 fully saturated rings. The molecule has 0 amide bonds. The average Bonchev–Trinajstić information content (AvgIpc) is 2.28. The van der Waals surface area contributed by atoms with Gasteiger partial charge in [0.2, 0.25) is 0 Å². The maximum Gasteiger partial charge on any atom is 0.177 e. The molecule has 0 atom stereocenters. The SMILES string of the molecule is C[n+]1cccc(C=Nc2ccc(O)cc2)c1. The van der Waals surface area contributed by atoms with Gasteiger partial charge in [-0.05, 0) is 30.3 Å². The second-order valence-electron chi connectivity index (χ2n) is 3.58. The van der Waals surface area contributed by atoms with E-state index in [1.54, 1.807) is 30.5 Å². The van der Waals surface area contributed by atoms with Crippen LogP contribution in [0.4, 0.5) is 5.69 Å². The lowest BCUT2D eigenvalue weighted by molar-refractivity contribution is -0.671. The monoisotopic (exact) mass is 213 g/mol. The van der Waals surface area contributed by atoms with E-state index < -0.39 is 0 Å².